The number of benzene rings is 1. The molecular weight excluding hydrogens is 224 g/mol. The molecule has 16 heavy (non-hydrogen) atoms. The summed E-state index contributed by atoms with van der Waals surface area (Å²) in [7, 11) is 0. The molecule has 1 heterocycles. The molecule has 0 radical (unpaired) electrons. The summed E-state index contributed by atoms with van der Waals surface area (Å²) in [4.78, 5) is 11.2. The normalized spacial score (nSPS) is 10.4. The number of hydrogen-bond donors (Lipinski definition) is 0. The second kappa shape index (κ2) is 4.10. The van der Waals surface area contributed by atoms with E-state index in [1.165, 1.54) is 6.92 Å². The van der Waals surface area contributed by atoms with Gasteiger partial charge in [-0.25, -0.2) is 4.68 Å². The molecule has 0 fully saturated rings. The average molecular weight is 235 g/mol. The maximum atomic E-state index is 11.2. The molecule has 0 N–H and O–H groups in total. The van der Waals surface area contributed by atoms with Crippen LogP contribution in [0.1, 0.15) is 23.0 Å². The van der Waals surface area contributed by atoms with Crippen LogP contribution in [0.2, 0.25) is 5.02 Å². The smallest absolute Gasteiger partial charge is 0.161 e. The van der Waals surface area contributed by atoms with Gasteiger partial charge in [-0.2, -0.15) is 5.10 Å². The van der Waals surface area contributed by atoms with Gasteiger partial charge in [-0.05, 0) is 38.1 Å². The van der Waals surface area contributed by atoms with Gasteiger partial charge in [0.05, 0.1) is 16.4 Å². The molecule has 0 atom stereocenters. The predicted octanol–water partition coefficient (Wildman–Crippen LogP) is 3.04. The van der Waals surface area contributed by atoms with Crippen molar-refractivity contribution < 1.29 is 4.79 Å². The van der Waals surface area contributed by atoms with Gasteiger partial charge >= 0.3 is 0 Å². The lowest BCUT2D eigenvalue weighted by molar-refractivity contribution is 0.101. The number of Topliss-reactive ketones (excluding diaryl/α,β-unsaturated/α-hetero) is 1. The van der Waals surface area contributed by atoms with E-state index in [1.807, 2.05) is 25.3 Å². The maximum absolute atomic E-state index is 11.2. The number of rotatable bonds is 2. The van der Waals surface area contributed by atoms with E-state index in [1.54, 1.807) is 16.8 Å². The number of carbonyl (C=O) groups excluding carboxylic acids is 1. The molecular formula is C12H11ClN2O. The fraction of sp³-hybridized carbons (Fsp3) is 0.167. The van der Waals surface area contributed by atoms with Crippen LogP contribution in [0.5, 0.6) is 0 Å². The fourth-order valence-electron chi connectivity index (χ4n) is 1.49. The van der Waals surface area contributed by atoms with Crippen LogP contribution < -0.4 is 0 Å². The van der Waals surface area contributed by atoms with E-state index in [2.05, 4.69) is 5.10 Å². The van der Waals surface area contributed by atoms with Crippen LogP contribution in [0, 0.1) is 6.92 Å². The monoisotopic (exact) mass is 234 g/mol. The molecule has 0 spiro atoms. The number of ketones is 1. The topological polar surface area (TPSA) is 34.9 Å². The molecule has 82 valence electrons. The first-order valence-electron chi connectivity index (χ1n) is 4.91. The Morgan fingerprint density at radius 2 is 2.12 bits per heavy atom. The van der Waals surface area contributed by atoms with Crippen molar-refractivity contribution >= 4 is 17.4 Å². The van der Waals surface area contributed by atoms with E-state index in [9.17, 15) is 4.79 Å². The van der Waals surface area contributed by atoms with E-state index in [0.29, 0.717) is 10.6 Å². The molecule has 1 aromatic carbocycles. The quantitative estimate of drug-likeness (QED) is 0.749. The largest absolute Gasteiger partial charge is 0.294 e. The van der Waals surface area contributed by atoms with Crippen LogP contribution in [0.15, 0.2) is 30.5 Å². The number of aryl methyl sites for hydroxylation is 1. The summed E-state index contributed by atoms with van der Waals surface area (Å²) in [6.07, 6.45) is 1.86. The number of aromatic nitrogens is 2. The van der Waals surface area contributed by atoms with Crippen LogP contribution in [-0.2, 0) is 0 Å². The highest BCUT2D eigenvalue weighted by Crippen LogP contribution is 2.20. The first-order valence-corrected chi connectivity index (χ1v) is 5.29. The lowest BCUT2D eigenvalue weighted by Gasteiger charge is -2.04. The highest BCUT2D eigenvalue weighted by Gasteiger charge is 2.07. The van der Waals surface area contributed by atoms with Crippen molar-refractivity contribution in [3.8, 4) is 5.69 Å². The third-order valence-electron chi connectivity index (χ3n) is 2.32. The molecule has 0 aliphatic carbocycles. The van der Waals surface area contributed by atoms with E-state index < -0.39 is 0 Å². The molecule has 0 bridgehead atoms. The van der Waals surface area contributed by atoms with Crippen molar-refractivity contribution in [1.29, 1.82) is 0 Å². The first-order chi connectivity index (χ1) is 7.58. The number of carbonyl (C=O) groups is 1. The highest BCUT2D eigenvalue weighted by molar-refractivity contribution is 6.34. The van der Waals surface area contributed by atoms with Crippen LogP contribution in [0.3, 0.4) is 0 Å². The van der Waals surface area contributed by atoms with Crippen LogP contribution in [0.4, 0.5) is 0 Å². The molecule has 3 nitrogen and oxygen atoms in total. The molecule has 0 unspecified atom stereocenters. The summed E-state index contributed by atoms with van der Waals surface area (Å²) in [5, 5.41) is 4.73. The Hall–Kier alpha value is -1.61. The van der Waals surface area contributed by atoms with Gasteiger partial charge in [0.25, 0.3) is 0 Å². The van der Waals surface area contributed by atoms with E-state index >= 15 is 0 Å². The molecule has 0 aliphatic heterocycles. The third kappa shape index (κ3) is 1.99. The molecule has 1 aromatic heterocycles. The lowest BCUT2D eigenvalue weighted by atomic mass is 10.1. The lowest BCUT2D eigenvalue weighted by Crippen LogP contribution is -1.98. The standard InChI is InChI=1S/C12H11ClN2O/c1-8-5-6-15(14-8)10-3-4-11(9(2)16)12(13)7-10/h3-7H,1-2H3. The summed E-state index contributed by atoms with van der Waals surface area (Å²) in [6, 6.07) is 7.20. The zero-order valence-corrected chi connectivity index (χ0v) is 9.82. The van der Waals surface area contributed by atoms with Crippen LogP contribution in [0.25, 0.3) is 5.69 Å². The van der Waals surface area contributed by atoms with Crippen molar-refractivity contribution in [2.24, 2.45) is 0 Å². The second-order valence-corrected chi connectivity index (χ2v) is 4.03. The minimum Gasteiger partial charge on any atom is -0.294 e. The molecule has 2 aromatic rings. The zero-order valence-electron chi connectivity index (χ0n) is 9.07. The Labute approximate surface area is 98.7 Å². The summed E-state index contributed by atoms with van der Waals surface area (Å²) in [6.45, 7) is 3.42. The molecule has 0 saturated carbocycles. The van der Waals surface area contributed by atoms with Gasteiger partial charge in [0.1, 0.15) is 0 Å². The average Bonchev–Trinajstić information content (AvgIpc) is 2.64. The number of halogens is 1. The minimum atomic E-state index is -0.0341. The van der Waals surface area contributed by atoms with Gasteiger partial charge in [-0.15, -0.1) is 0 Å². The SMILES string of the molecule is CC(=O)c1ccc(-n2ccc(C)n2)cc1Cl. The van der Waals surface area contributed by atoms with Gasteiger partial charge in [-0.3, -0.25) is 4.79 Å². The Balaban J connectivity index is 2.45. The van der Waals surface area contributed by atoms with Crippen LogP contribution in [-0.4, -0.2) is 15.6 Å². The Morgan fingerprint density at radius 1 is 1.38 bits per heavy atom. The van der Waals surface area contributed by atoms with Crippen LogP contribution >= 0.6 is 11.6 Å². The third-order valence-corrected chi connectivity index (χ3v) is 2.63. The molecule has 2 rings (SSSR count). The first kappa shape index (κ1) is 10.9. The summed E-state index contributed by atoms with van der Waals surface area (Å²) < 4.78 is 1.73. The summed E-state index contributed by atoms with van der Waals surface area (Å²) in [5.41, 5.74) is 2.32. The minimum absolute atomic E-state index is 0.0341. The van der Waals surface area contributed by atoms with Gasteiger partial charge < -0.3 is 0 Å². The Bertz CT molecular complexity index is 546. The highest BCUT2D eigenvalue weighted by atomic mass is 35.5. The Kier molecular flexibility index (Phi) is 2.79. The van der Waals surface area contributed by atoms with Crippen molar-refractivity contribution in [2.45, 2.75) is 13.8 Å². The van der Waals surface area contributed by atoms with Crippen molar-refractivity contribution in [1.82, 2.24) is 9.78 Å². The zero-order chi connectivity index (χ0) is 11.7. The van der Waals surface area contributed by atoms with E-state index in [4.69, 9.17) is 11.6 Å². The second-order valence-electron chi connectivity index (χ2n) is 3.62. The summed E-state index contributed by atoms with van der Waals surface area (Å²) >= 11 is 6.02. The number of nitrogens with zero attached hydrogens (tertiary/aromatic N) is 2. The maximum Gasteiger partial charge on any atom is 0.161 e. The van der Waals surface area contributed by atoms with Crippen molar-refractivity contribution in [3.05, 3.63) is 46.7 Å². The molecule has 4 heteroatoms. The predicted molar refractivity (Wildman–Crippen MR) is 63.3 cm³/mol. The fourth-order valence-corrected chi connectivity index (χ4v) is 1.80. The molecule has 0 aliphatic rings. The molecule has 0 saturated heterocycles. The summed E-state index contributed by atoms with van der Waals surface area (Å²) in [5.74, 6) is -0.0341. The van der Waals surface area contributed by atoms with Gasteiger partial charge in [-0.1, -0.05) is 11.6 Å². The van der Waals surface area contributed by atoms with E-state index in [-0.39, 0.29) is 5.78 Å². The van der Waals surface area contributed by atoms with Gasteiger partial charge in [0, 0.05) is 11.8 Å². The van der Waals surface area contributed by atoms with Gasteiger partial charge in [0.2, 0.25) is 0 Å². The van der Waals surface area contributed by atoms with E-state index in [0.717, 1.165) is 11.4 Å². The Morgan fingerprint density at radius 3 is 2.62 bits per heavy atom. The van der Waals surface area contributed by atoms with Crippen molar-refractivity contribution in [2.75, 3.05) is 0 Å². The van der Waals surface area contributed by atoms with Crippen molar-refractivity contribution in [3.63, 3.8) is 0 Å². The van der Waals surface area contributed by atoms with Gasteiger partial charge in [0.15, 0.2) is 5.78 Å². The number of hydrogen-bond acceptors (Lipinski definition) is 2. The molecule has 0 amide bonds.